The van der Waals surface area contributed by atoms with E-state index in [9.17, 15) is 4.79 Å². The second-order valence-corrected chi connectivity index (χ2v) is 8.07. The van der Waals surface area contributed by atoms with Crippen LogP contribution in [0.25, 0.3) is 0 Å². The van der Waals surface area contributed by atoms with Gasteiger partial charge in [0.15, 0.2) is 0 Å². The topological polar surface area (TPSA) is 23.6 Å². The summed E-state index contributed by atoms with van der Waals surface area (Å²) in [6.07, 6.45) is 5.92. The summed E-state index contributed by atoms with van der Waals surface area (Å²) in [6, 6.07) is 12.0. The molecular weight excluding hydrogens is 284 g/mol. The van der Waals surface area contributed by atoms with E-state index in [-0.39, 0.29) is 0 Å². The Hall–Kier alpha value is -1.35. The lowest BCUT2D eigenvalue weighted by molar-refractivity contribution is -0.136. The minimum atomic E-state index is 0.440. The molecule has 3 atom stereocenters. The van der Waals surface area contributed by atoms with Gasteiger partial charge in [-0.25, -0.2) is 0 Å². The number of fused-ring (bicyclic) bond motifs is 2. The molecule has 1 aromatic carbocycles. The molecule has 0 aromatic heterocycles. The first-order chi connectivity index (χ1) is 11.3. The summed E-state index contributed by atoms with van der Waals surface area (Å²) < 4.78 is 0. The third-order valence-corrected chi connectivity index (χ3v) is 6.70. The lowest BCUT2D eigenvalue weighted by atomic mass is 9.75. The van der Waals surface area contributed by atoms with E-state index in [2.05, 4.69) is 40.1 Å². The SMILES string of the molecule is O=C(CC1CC1)N1C[C@H](c2ccccc2)[C@H]2[C@@H]1C1CCN2CC1. The van der Waals surface area contributed by atoms with Crippen molar-refractivity contribution in [3.05, 3.63) is 35.9 Å². The van der Waals surface area contributed by atoms with Gasteiger partial charge < -0.3 is 4.90 Å². The summed E-state index contributed by atoms with van der Waals surface area (Å²) >= 11 is 0. The van der Waals surface area contributed by atoms with Gasteiger partial charge in [0.2, 0.25) is 5.91 Å². The summed E-state index contributed by atoms with van der Waals surface area (Å²) in [7, 11) is 0. The van der Waals surface area contributed by atoms with E-state index in [4.69, 9.17) is 0 Å². The molecule has 0 spiro atoms. The molecule has 23 heavy (non-hydrogen) atoms. The van der Waals surface area contributed by atoms with Crippen molar-refractivity contribution in [2.24, 2.45) is 11.8 Å². The van der Waals surface area contributed by atoms with Crippen LogP contribution >= 0.6 is 0 Å². The Bertz CT molecular complexity index is 589. The van der Waals surface area contributed by atoms with Gasteiger partial charge in [0.25, 0.3) is 0 Å². The van der Waals surface area contributed by atoms with Crippen LogP contribution in [0.2, 0.25) is 0 Å². The third kappa shape index (κ3) is 2.32. The van der Waals surface area contributed by atoms with Gasteiger partial charge in [0.05, 0.1) is 6.04 Å². The highest BCUT2D eigenvalue weighted by atomic mass is 16.2. The number of rotatable bonds is 3. The summed E-state index contributed by atoms with van der Waals surface area (Å²) in [5.74, 6) is 2.38. The molecule has 4 saturated heterocycles. The van der Waals surface area contributed by atoms with Crippen LogP contribution in [0.5, 0.6) is 0 Å². The summed E-state index contributed by atoms with van der Waals surface area (Å²) in [6.45, 7) is 3.41. The zero-order valence-electron chi connectivity index (χ0n) is 13.7. The van der Waals surface area contributed by atoms with Crippen LogP contribution in [-0.4, -0.2) is 47.4 Å². The van der Waals surface area contributed by atoms with Gasteiger partial charge in [-0.3, -0.25) is 9.69 Å². The highest BCUT2D eigenvalue weighted by Gasteiger charge is 2.54. The lowest BCUT2D eigenvalue weighted by Gasteiger charge is -2.51. The van der Waals surface area contributed by atoms with E-state index in [1.54, 1.807) is 0 Å². The van der Waals surface area contributed by atoms with E-state index < -0.39 is 0 Å². The first kappa shape index (κ1) is 14.0. The van der Waals surface area contributed by atoms with E-state index >= 15 is 0 Å². The van der Waals surface area contributed by atoms with Gasteiger partial charge in [0.1, 0.15) is 0 Å². The van der Waals surface area contributed by atoms with Crippen LogP contribution < -0.4 is 0 Å². The molecule has 6 rings (SSSR count). The van der Waals surface area contributed by atoms with Crippen LogP contribution in [0.15, 0.2) is 30.3 Å². The molecular formula is C20H26N2O. The number of carbonyl (C=O) groups excluding carboxylic acids is 1. The zero-order valence-corrected chi connectivity index (χ0v) is 13.7. The van der Waals surface area contributed by atoms with Gasteiger partial charge in [-0.1, -0.05) is 30.3 Å². The Morgan fingerprint density at radius 2 is 1.74 bits per heavy atom. The molecule has 1 aliphatic carbocycles. The van der Waals surface area contributed by atoms with Crippen LogP contribution in [0.1, 0.15) is 43.6 Å². The Morgan fingerprint density at radius 1 is 1.00 bits per heavy atom. The minimum absolute atomic E-state index is 0.440. The number of likely N-dealkylation sites (tertiary alicyclic amines) is 1. The molecule has 4 heterocycles. The average molecular weight is 310 g/mol. The fourth-order valence-corrected chi connectivity index (χ4v) is 5.38. The first-order valence-corrected chi connectivity index (χ1v) is 9.40. The van der Waals surface area contributed by atoms with Crippen molar-refractivity contribution in [1.29, 1.82) is 0 Å². The molecule has 3 nitrogen and oxygen atoms in total. The summed E-state index contributed by atoms with van der Waals surface area (Å²) in [5, 5.41) is 0. The Labute approximate surface area is 138 Å². The van der Waals surface area contributed by atoms with Crippen molar-refractivity contribution in [3.63, 3.8) is 0 Å². The van der Waals surface area contributed by atoms with E-state index in [1.165, 1.54) is 44.3 Å². The molecule has 0 radical (unpaired) electrons. The maximum Gasteiger partial charge on any atom is 0.223 e. The highest BCUT2D eigenvalue weighted by Crippen LogP contribution is 2.47. The molecule has 1 amide bonds. The Kier molecular flexibility index (Phi) is 3.26. The van der Waals surface area contributed by atoms with Crippen LogP contribution in [-0.2, 0) is 4.79 Å². The van der Waals surface area contributed by atoms with Crippen LogP contribution in [0.4, 0.5) is 0 Å². The number of hydrogen-bond acceptors (Lipinski definition) is 2. The molecule has 5 aliphatic rings. The van der Waals surface area contributed by atoms with Gasteiger partial charge in [-0.15, -0.1) is 0 Å². The number of benzene rings is 1. The van der Waals surface area contributed by atoms with Gasteiger partial charge in [0, 0.05) is 24.9 Å². The number of carbonyl (C=O) groups is 1. The van der Waals surface area contributed by atoms with Gasteiger partial charge in [-0.2, -0.15) is 0 Å². The maximum atomic E-state index is 12.9. The minimum Gasteiger partial charge on any atom is -0.337 e. The standard InChI is InChI=1S/C20H26N2O/c23-18(12-14-6-7-14)22-13-17(15-4-2-1-3-5-15)20-19(22)16-8-10-21(20)11-9-16/h1-5,14,16-17,19-20H,6-13H2/t17-,19+,20+/m1/s1. The number of hydrogen-bond donors (Lipinski definition) is 0. The zero-order chi connectivity index (χ0) is 15.4. The fraction of sp³-hybridized carbons (Fsp3) is 0.650. The quantitative estimate of drug-likeness (QED) is 0.857. The first-order valence-electron chi connectivity index (χ1n) is 9.40. The van der Waals surface area contributed by atoms with E-state index in [0.29, 0.717) is 29.8 Å². The molecule has 1 saturated carbocycles. The number of amides is 1. The molecule has 122 valence electrons. The van der Waals surface area contributed by atoms with Crippen LogP contribution in [0.3, 0.4) is 0 Å². The van der Waals surface area contributed by atoms with E-state index in [0.717, 1.165) is 18.9 Å². The monoisotopic (exact) mass is 310 g/mol. The highest BCUT2D eigenvalue weighted by molar-refractivity contribution is 5.78. The largest absolute Gasteiger partial charge is 0.337 e. The molecule has 1 aromatic rings. The van der Waals surface area contributed by atoms with Gasteiger partial charge >= 0.3 is 0 Å². The molecule has 0 N–H and O–H groups in total. The average Bonchev–Trinajstić information content (AvgIpc) is 3.31. The molecule has 3 heteroatoms. The fourth-order valence-electron chi connectivity index (χ4n) is 5.38. The molecule has 0 unspecified atom stereocenters. The smallest absolute Gasteiger partial charge is 0.223 e. The second-order valence-electron chi connectivity index (χ2n) is 8.07. The Morgan fingerprint density at radius 3 is 2.43 bits per heavy atom. The van der Waals surface area contributed by atoms with Crippen molar-refractivity contribution in [2.45, 2.75) is 50.1 Å². The second kappa shape index (κ2) is 5.34. The number of piperidine rings is 3. The van der Waals surface area contributed by atoms with Gasteiger partial charge in [-0.05, 0) is 56.2 Å². The van der Waals surface area contributed by atoms with Crippen molar-refractivity contribution >= 4 is 5.91 Å². The predicted octanol–water partition coefficient (Wildman–Crippen LogP) is 2.88. The molecule has 5 fully saturated rings. The number of nitrogens with zero attached hydrogens (tertiary/aromatic N) is 2. The van der Waals surface area contributed by atoms with Crippen molar-refractivity contribution in [2.75, 3.05) is 19.6 Å². The molecule has 4 aliphatic heterocycles. The van der Waals surface area contributed by atoms with Crippen molar-refractivity contribution < 1.29 is 4.79 Å². The summed E-state index contributed by atoms with van der Waals surface area (Å²) in [5.41, 5.74) is 1.43. The van der Waals surface area contributed by atoms with Crippen molar-refractivity contribution in [1.82, 2.24) is 9.80 Å². The summed E-state index contributed by atoms with van der Waals surface area (Å²) in [4.78, 5) is 17.9. The maximum absolute atomic E-state index is 12.9. The molecule has 2 bridgehead atoms. The normalized spacial score (nSPS) is 38.6. The Balaban J connectivity index is 1.47. The van der Waals surface area contributed by atoms with Crippen LogP contribution in [0, 0.1) is 11.8 Å². The predicted molar refractivity (Wildman–Crippen MR) is 90.1 cm³/mol. The van der Waals surface area contributed by atoms with Crippen molar-refractivity contribution in [3.8, 4) is 0 Å². The third-order valence-electron chi connectivity index (χ3n) is 6.70. The lowest BCUT2D eigenvalue weighted by Crippen LogP contribution is -2.60. The van der Waals surface area contributed by atoms with E-state index in [1.807, 2.05) is 0 Å².